The molecular formula is C65H125N2O7P. The van der Waals surface area contributed by atoms with E-state index < -0.39 is 20.0 Å². The van der Waals surface area contributed by atoms with E-state index in [-0.39, 0.29) is 31.5 Å². The fourth-order valence-corrected chi connectivity index (χ4v) is 10.3. The zero-order chi connectivity index (χ0) is 55.0. The van der Waals surface area contributed by atoms with Crippen LogP contribution in [0.25, 0.3) is 0 Å². The minimum absolute atomic E-state index is 0.0207. The Morgan fingerprint density at radius 1 is 0.467 bits per heavy atom. The Kier molecular flexibility index (Phi) is 54.2. The number of ether oxygens (including phenoxy) is 1. The van der Waals surface area contributed by atoms with Gasteiger partial charge in [0.25, 0.3) is 7.82 Å². The molecule has 3 unspecified atom stereocenters. The van der Waals surface area contributed by atoms with Crippen LogP contribution in [-0.2, 0) is 27.9 Å². The highest BCUT2D eigenvalue weighted by atomic mass is 31.2. The first-order valence-corrected chi connectivity index (χ1v) is 33.8. The zero-order valence-electron chi connectivity index (χ0n) is 50.5. The second-order valence-corrected chi connectivity index (χ2v) is 24.7. The van der Waals surface area contributed by atoms with E-state index in [1.54, 1.807) is 0 Å². The molecule has 0 aliphatic carbocycles. The number of carbonyl (C=O) groups is 2. The van der Waals surface area contributed by atoms with Gasteiger partial charge in [-0.25, -0.2) is 0 Å². The lowest BCUT2D eigenvalue weighted by Gasteiger charge is -2.30. The number of unbranched alkanes of at least 4 members (excludes halogenated alkanes) is 39. The summed E-state index contributed by atoms with van der Waals surface area (Å²) in [7, 11) is 1.19. The minimum Gasteiger partial charge on any atom is -0.756 e. The number of phosphoric ester groups is 1. The highest BCUT2D eigenvalue weighted by Gasteiger charge is 2.27. The van der Waals surface area contributed by atoms with Gasteiger partial charge in [-0.15, -0.1) is 0 Å². The molecule has 0 aliphatic heterocycles. The van der Waals surface area contributed by atoms with Gasteiger partial charge in [-0.1, -0.05) is 276 Å². The van der Waals surface area contributed by atoms with Gasteiger partial charge in [0.2, 0.25) is 5.91 Å². The van der Waals surface area contributed by atoms with E-state index >= 15 is 0 Å². The smallest absolute Gasteiger partial charge is 0.306 e. The van der Waals surface area contributed by atoms with Crippen molar-refractivity contribution in [3.05, 3.63) is 36.5 Å². The highest BCUT2D eigenvalue weighted by Crippen LogP contribution is 2.38. The molecule has 0 spiro atoms. The normalized spacial score (nSPS) is 13.9. The quantitative estimate of drug-likeness (QED) is 0.0212. The van der Waals surface area contributed by atoms with E-state index in [0.717, 1.165) is 77.0 Å². The van der Waals surface area contributed by atoms with Gasteiger partial charge in [0, 0.05) is 12.8 Å². The lowest BCUT2D eigenvalue weighted by atomic mass is 10.0. The summed E-state index contributed by atoms with van der Waals surface area (Å²) < 4.78 is 30.4. The van der Waals surface area contributed by atoms with E-state index in [1.807, 2.05) is 33.3 Å². The lowest BCUT2D eigenvalue weighted by Crippen LogP contribution is -2.47. The summed E-state index contributed by atoms with van der Waals surface area (Å²) in [6.07, 6.45) is 66.7. The van der Waals surface area contributed by atoms with Gasteiger partial charge >= 0.3 is 5.97 Å². The third-order valence-electron chi connectivity index (χ3n) is 14.6. The number of quaternary nitrogens is 1. The summed E-state index contributed by atoms with van der Waals surface area (Å²) in [6, 6.07) is -0.887. The number of nitrogens with zero attached hydrogens (tertiary/aromatic N) is 1. The molecule has 0 aromatic rings. The lowest BCUT2D eigenvalue weighted by molar-refractivity contribution is -0.870. The van der Waals surface area contributed by atoms with Crippen LogP contribution in [-0.4, -0.2) is 69.4 Å². The molecule has 0 aromatic heterocycles. The maximum Gasteiger partial charge on any atom is 0.306 e. The Morgan fingerprint density at radius 3 is 1.23 bits per heavy atom. The Balaban J connectivity index is 5.23. The van der Waals surface area contributed by atoms with Gasteiger partial charge in [-0.05, 0) is 63.9 Å². The van der Waals surface area contributed by atoms with Crippen LogP contribution in [0.15, 0.2) is 36.5 Å². The van der Waals surface area contributed by atoms with Gasteiger partial charge in [0.1, 0.15) is 19.3 Å². The van der Waals surface area contributed by atoms with Crippen molar-refractivity contribution in [1.82, 2.24) is 5.32 Å². The van der Waals surface area contributed by atoms with Crippen molar-refractivity contribution in [2.45, 2.75) is 328 Å². The number of rotatable bonds is 59. The molecule has 0 aliphatic rings. The largest absolute Gasteiger partial charge is 0.756 e. The maximum absolute atomic E-state index is 13.5. The van der Waals surface area contributed by atoms with Crippen LogP contribution in [0.2, 0.25) is 0 Å². The van der Waals surface area contributed by atoms with Crippen molar-refractivity contribution < 1.29 is 37.3 Å². The van der Waals surface area contributed by atoms with Gasteiger partial charge in [-0.2, -0.15) is 0 Å². The fraction of sp³-hybridized carbons (Fsp3) is 0.877. The first-order valence-electron chi connectivity index (χ1n) is 32.3. The molecule has 1 amide bonds. The van der Waals surface area contributed by atoms with E-state index in [0.29, 0.717) is 17.4 Å². The number of phosphoric acid groups is 1. The number of carbonyl (C=O) groups excluding carboxylic acids is 2. The van der Waals surface area contributed by atoms with Crippen LogP contribution in [0, 0.1) is 0 Å². The summed E-state index contributed by atoms with van der Waals surface area (Å²) in [5.74, 6) is -0.530. The van der Waals surface area contributed by atoms with Gasteiger partial charge in [0.15, 0.2) is 0 Å². The molecule has 75 heavy (non-hydrogen) atoms. The molecule has 0 radical (unpaired) electrons. The van der Waals surface area contributed by atoms with Gasteiger partial charge in [-0.3, -0.25) is 14.2 Å². The molecule has 0 bridgehead atoms. The number of hydrogen-bond donors (Lipinski definition) is 1. The monoisotopic (exact) mass is 1080 g/mol. The molecule has 10 heteroatoms. The summed E-state index contributed by atoms with van der Waals surface area (Å²) in [5.41, 5.74) is 0. The van der Waals surface area contributed by atoms with E-state index in [2.05, 4.69) is 50.4 Å². The van der Waals surface area contributed by atoms with E-state index in [4.69, 9.17) is 13.8 Å². The molecule has 0 aromatic carbocycles. The SMILES string of the molecule is CCCCC/C=C\C/C=C\CCCCCCCCCCCC(=O)NC(COP(=O)([O-])OCC[N+](C)(C)C)C(/C=C/CCCCCCCCCCCCC)OC(=O)CCCCCCCCCCCCCCCCCCC. The summed E-state index contributed by atoms with van der Waals surface area (Å²) >= 11 is 0. The Bertz CT molecular complexity index is 1380. The number of likely N-dealkylation sites (N-methyl/N-ethyl adjacent to an activating group) is 1. The van der Waals surface area contributed by atoms with Crippen molar-refractivity contribution in [1.29, 1.82) is 0 Å². The number of hydrogen-bond acceptors (Lipinski definition) is 7. The number of allylic oxidation sites excluding steroid dienone is 5. The highest BCUT2D eigenvalue weighted by molar-refractivity contribution is 7.45. The minimum atomic E-state index is -4.70. The third-order valence-corrected chi connectivity index (χ3v) is 15.5. The van der Waals surface area contributed by atoms with Crippen LogP contribution < -0.4 is 10.2 Å². The molecular weight excluding hydrogens is 952 g/mol. The molecule has 0 saturated carbocycles. The topological polar surface area (TPSA) is 114 Å². The number of esters is 1. The predicted molar refractivity (Wildman–Crippen MR) is 321 cm³/mol. The second-order valence-electron chi connectivity index (χ2n) is 23.3. The first-order chi connectivity index (χ1) is 36.4. The third kappa shape index (κ3) is 56.8. The average molecular weight is 1080 g/mol. The molecule has 0 rings (SSSR count). The summed E-state index contributed by atoms with van der Waals surface area (Å²) in [6.45, 7) is 6.86. The van der Waals surface area contributed by atoms with Crippen molar-refractivity contribution >= 4 is 19.7 Å². The van der Waals surface area contributed by atoms with Crippen LogP contribution in [0.4, 0.5) is 0 Å². The molecule has 0 heterocycles. The molecule has 0 fully saturated rings. The first kappa shape index (κ1) is 73.2. The Morgan fingerprint density at radius 2 is 0.813 bits per heavy atom. The van der Waals surface area contributed by atoms with Gasteiger partial charge < -0.3 is 28.5 Å². The van der Waals surface area contributed by atoms with Crippen LogP contribution >= 0.6 is 7.82 Å². The second kappa shape index (κ2) is 55.5. The molecule has 3 atom stereocenters. The Hall–Kier alpha value is -1.77. The van der Waals surface area contributed by atoms with Crippen LogP contribution in [0.5, 0.6) is 0 Å². The molecule has 442 valence electrons. The average Bonchev–Trinajstić information content (AvgIpc) is 3.37. The predicted octanol–water partition coefficient (Wildman–Crippen LogP) is 19.3. The van der Waals surface area contributed by atoms with Crippen molar-refractivity contribution in [2.24, 2.45) is 0 Å². The van der Waals surface area contributed by atoms with E-state index in [9.17, 15) is 19.0 Å². The van der Waals surface area contributed by atoms with Crippen LogP contribution in [0.3, 0.4) is 0 Å². The standard InChI is InChI=1S/C65H125N2O7P/c1-7-10-13-16-19-22-25-28-30-32-33-35-36-39-42-45-48-51-54-57-64(68)66-62(61-73-75(70,71)72-60-59-67(4,5)6)63(56-53-50-47-44-41-38-27-24-21-18-15-12-9-3)74-65(69)58-55-52-49-46-43-40-37-34-31-29-26-23-20-17-14-11-8-2/h19,22,28,30,53,56,62-63H,7-18,20-21,23-27,29,31-52,54-55,57-61H2,1-6H3,(H-,66,68,70,71)/b22-19-,30-28-,56-53+. The number of amides is 1. The fourth-order valence-electron chi connectivity index (χ4n) is 9.55. The zero-order valence-corrected chi connectivity index (χ0v) is 51.4. The van der Waals surface area contributed by atoms with Crippen molar-refractivity contribution in [3.63, 3.8) is 0 Å². The molecule has 1 N–H and O–H groups in total. The summed E-state index contributed by atoms with van der Waals surface area (Å²) in [4.78, 5) is 40.0. The Labute approximate surface area is 466 Å². The summed E-state index contributed by atoms with van der Waals surface area (Å²) in [5, 5.41) is 3.04. The molecule has 0 saturated heterocycles. The number of nitrogens with one attached hydrogen (secondary N) is 1. The van der Waals surface area contributed by atoms with Crippen molar-refractivity contribution in [3.8, 4) is 0 Å². The maximum atomic E-state index is 13.5. The van der Waals surface area contributed by atoms with Gasteiger partial charge in [0.05, 0.1) is 33.8 Å². The van der Waals surface area contributed by atoms with Crippen LogP contribution in [0.1, 0.15) is 316 Å². The molecule has 9 nitrogen and oxygen atoms in total. The van der Waals surface area contributed by atoms with Crippen molar-refractivity contribution in [2.75, 3.05) is 40.9 Å². The van der Waals surface area contributed by atoms with E-state index in [1.165, 1.54) is 205 Å².